The summed E-state index contributed by atoms with van der Waals surface area (Å²) in [6.07, 6.45) is 4.55. The van der Waals surface area contributed by atoms with E-state index in [-0.39, 0.29) is 11.9 Å². The predicted molar refractivity (Wildman–Crippen MR) is 73.9 cm³/mol. The summed E-state index contributed by atoms with van der Waals surface area (Å²) in [7, 11) is 1.71. The van der Waals surface area contributed by atoms with Crippen LogP contribution in [0.4, 0.5) is 11.9 Å². The minimum absolute atomic E-state index is 0.0463. The van der Waals surface area contributed by atoms with Crippen LogP contribution in [0.25, 0.3) is 5.95 Å². The molecule has 1 saturated heterocycles. The largest absolute Gasteiger partial charge is 0.357 e. The fraction of sp³-hybridized carbons (Fsp3) is 0.455. The first kappa shape index (κ1) is 13.2. The number of aromatic nitrogens is 6. The molecule has 3 N–H and O–H groups in total. The molecule has 2 aromatic heterocycles. The van der Waals surface area contributed by atoms with Crippen LogP contribution in [0.5, 0.6) is 0 Å². The van der Waals surface area contributed by atoms with E-state index in [1.54, 1.807) is 7.05 Å². The highest BCUT2D eigenvalue weighted by atomic mass is 16.2. The number of nitrogens with zero attached hydrogens (tertiary/aromatic N) is 6. The van der Waals surface area contributed by atoms with Crippen molar-refractivity contribution in [1.29, 1.82) is 0 Å². The lowest BCUT2D eigenvalue weighted by molar-refractivity contribution is -0.123. The summed E-state index contributed by atoms with van der Waals surface area (Å²) in [5, 5.41) is 12.7. The molecule has 3 rings (SSSR count). The van der Waals surface area contributed by atoms with Crippen LogP contribution in [-0.2, 0) is 4.79 Å². The third kappa shape index (κ3) is 2.88. The number of amides is 1. The van der Waals surface area contributed by atoms with Crippen molar-refractivity contribution in [3.05, 3.63) is 12.7 Å². The van der Waals surface area contributed by atoms with Gasteiger partial charge in [-0.05, 0) is 12.8 Å². The highest BCUT2D eigenvalue weighted by molar-refractivity contribution is 5.84. The van der Waals surface area contributed by atoms with Crippen molar-refractivity contribution in [2.24, 2.45) is 0 Å². The molecular formula is C11H15N9O. The van der Waals surface area contributed by atoms with Crippen molar-refractivity contribution in [1.82, 2.24) is 35.0 Å². The summed E-state index contributed by atoms with van der Waals surface area (Å²) in [6.45, 7) is 0.709. The number of carbonyl (C=O) groups is 1. The van der Waals surface area contributed by atoms with Gasteiger partial charge in [0, 0.05) is 13.6 Å². The zero-order chi connectivity index (χ0) is 14.7. The minimum Gasteiger partial charge on any atom is -0.357 e. The molecule has 0 aliphatic carbocycles. The second-order valence-corrected chi connectivity index (χ2v) is 4.50. The number of piperidine rings is 1. The van der Waals surface area contributed by atoms with E-state index in [9.17, 15) is 4.79 Å². The van der Waals surface area contributed by atoms with Crippen LogP contribution in [0.2, 0.25) is 0 Å². The molecule has 1 unspecified atom stereocenters. The van der Waals surface area contributed by atoms with E-state index >= 15 is 0 Å². The fourth-order valence-electron chi connectivity index (χ4n) is 2.02. The summed E-state index contributed by atoms with van der Waals surface area (Å²) >= 11 is 0. The van der Waals surface area contributed by atoms with E-state index < -0.39 is 0 Å². The molecule has 21 heavy (non-hydrogen) atoms. The lowest BCUT2D eigenvalue weighted by Crippen LogP contribution is -2.44. The molecule has 1 fully saturated rings. The van der Waals surface area contributed by atoms with Gasteiger partial charge in [0.25, 0.3) is 5.95 Å². The number of rotatable bonds is 4. The summed E-state index contributed by atoms with van der Waals surface area (Å²) in [6, 6.07) is -0.338. The average molecular weight is 289 g/mol. The zero-order valence-corrected chi connectivity index (χ0v) is 11.4. The first-order chi connectivity index (χ1) is 10.3. The van der Waals surface area contributed by atoms with Gasteiger partial charge in [-0.3, -0.25) is 4.79 Å². The maximum atomic E-state index is 11.8. The monoisotopic (exact) mass is 289 g/mol. The van der Waals surface area contributed by atoms with Crippen LogP contribution in [0.3, 0.4) is 0 Å². The Hall–Kier alpha value is -2.78. The maximum absolute atomic E-state index is 11.8. The smallest absolute Gasteiger partial charge is 0.258 e. The Balaban J connectivity index is 1.87. The van der Waals surface area contributed by atoms with E-state index in [2.05, 4.69) is 41.0 Å². The Morgan fingerprint density at radius 2 is 2.19 bits per heavy atom. The third-order valence-corrected chi connectivity index (χ3v) is 3.06. The van der Waals surface area contributed by atoms with Crippen molar-refractivity contribution in [3.8, 4) is 5.95 Å². The molecule has 0 bridgehead atoms. The SMILES string of the molecule is CNc1nc(NC2CCCNC2=O)nc(-n2cncn2)n1. The Morgan fingerprint density at radius 1 is 1.33 bits per heavy atom. The quantitative estimate of drug-likeness (QED) is 0.667. The average Bonchev–Trinajstić information content (AvgIpc) is 3.04. The molecule has 0 spiro atoms. The number of anilines is 2. The number of hydrogen-bond donors (Lipinski definition) is 3. The number of hydrogen-bond acceptors (Lipinski definition) is 8. The minimum atomic E-state index is -0.338. The molecular weight excluding hydrogens is 274 g/mol. The van der Waals surface area contributed by atoms with Crippen LogP contribution < -0.4 is 16.0 Å². The summed E-state index contributed by atoms with van der Waals surface area (Å²) < 4.78 is 1.43. The van der Waals surface area contributed by atoms with Crippen LogP contribution in [0.1, 0.15) is 12.8 Å². The van der Waals surface area contributed by atoms with Crippen LogP contribution in [0.15, 0.2) is 12.7 Å². The highest BCUT2D eigenvalue weighted by Gasteiger charge is 2.23. The van der Waals surface area contributed by atoms with Crippen molar-refractivity contribution in [2.45, 2.75) is 18.9 Å². The summed E-state index contributed by atoms with van der Waals surface area (Å²) in [4.78, 5) is 28.3. The fourth-order valence-corrected chi connectivity index (χ4v) is 2.02. The lowest BCUT2D eigenvalue weighted by atomic mass is 10.1. The molecule has 110 valence electrons. The van der Waals surface area contributed by atoms with Gasteiger partial charge in [-0.2, -0.15) is 24.7 Å². The van der Waals surface area contributed by atoms with E-state index in [4.69, 9.17) is 0 Å². The maximum Gasteiger partial charge on any atom is 0.258 e. The van der Waals surface area contributed by atoms with E-state index in [0.717, 1.165) is 12.8 Å². The van der Waals surface area contributed by atoms with Gasteiger partial charge in [0.2, 0.25) is 17.8 Å². The molecule has 10 heteroatoms. The van der Waals surface area contributed by atoms with Crippen LogP contribution >= 0.6 is 0 Å². The molecule has 1 aliphatic rings. The molecule has 1 aliphatic heterocycles. The van der Waals surface area contributed by atoms with Gasteiger partial charge in [-0.1, -0.05) is 0 Å². The highest BCUT2D eigenvalue weighted by Crippen LogP contribution is 2.12. The Kier molecular flexibility index (Phi) is 3.58. The van der Waals surface area contributed by atoms with Gasteiger partial charge in [-0.25, -0.2) is 4.98 Å². The van der Waals surface area contributed by atoms with E-state index in [1.807, 2.05) is 0 Å². The topological polar surface area (TPSA) is 123 Å². The molecule has 0 radical (unpaired) electrons. The van der Waals surface area contributed by atoms with E-state index in [1.165, 1.54) is 17.3 Å². The van der Waals surface area contributed by atoms with Crippen molar-refractivity contribution >= 4 is 17.8 Å². The molecule has 3 heterocycles. The van der Waals surface area contributed by atoms with Crippen LogP contribution in [-0.4, -0.2) is 55.3 Å². The van der Waals surface area contributed by atoms with Gasteiger partial charge in [0.15, 0.2) is 0 Å². The van der Waals surface area contributed by atoms with Crippen molar-refractivity contribution < 1.29 is 4.79 Å². The molecule has 2 aromatic rings. The zero-order valence-electron chi connectivity index (χ0n) is 11.4. The lowest BCUT2D eigenvalue weighted by Gasteiger charge is -2.22. The second kappa shape index (κ2) is 5.69. The summed E-state index contributed by atoms with van der Waals surface area (Å²) in [5.41, 5.74) is 0. The molecule has 0 aromatic carbocycles. The van der Waals surface area contributed by atoms with Gasteiger partial charge in [0.1, 0.15) is 18.7 Å². The second-order valence-electron chi connectivity index (χ2n) is 4.50. The van der Waals surface area contributed by atoms with Gasteiger partial charge in [-0.15, -0.1) is 0 Å². The number of nitrogens with one attached hydrogen (secondary N) is 3. The summed E-state index contributed by atoms with van der Waals surface area (Å²) in [5.74, 6) is 0.983. The standard InChI is InChI=1S/C11H15N9O/c1-12-9-17-10(16-7-3-2-4-14-8(7)21)19-11(18-9)20-6-13-5-15-20/h5-7H,2-4H2,1H3,(H,14,21)(H2,12,16,17,18,19). The Morgan fingerprint density at radius 3 is 2.90 bits per heavy atom. The predicted octanol–water partition coefficient (Wildman–Crippen LogP) is -0.815. The molecule has 0 saturated carbocycles. The molecule has 1 atom stereocenters. The van der Waals surface area contributed by atoms with E-state index in [0.29, 0.717) is 24.4 Å². The van der Waals surface area contributed by atoms with Crippen molar-refractivity contribution in [2.75, 3.05) is 24.2 Å². The van der Waals surface area contributed by atoms with Gasteiger partial charge < -0.3 is 16.0 Å². The third-order valence-electron chi connectivity index (χ3n) is 3.06. The normalized spacial score (nSPS) is 18.1. The Labute approximate surface area is 120 Å². The van der Waals surface area contributed by atoms with Gasteiger partial charge >= 0.3 is 0 Å². The molecule has 1 amide bonds. The van der Waals surface area contributed by atoms with Crippen molar-refractivity contribution in [3.63, 3.8) is 0 Å². The Bertz CT molecular complexity index is 627. The first-order valence-electron chi connectivity index (χ1n) is 6.59. The first-order valence-corrected chi connectivity index (χ1v) is 6.59. The van der Waals surface area contributed by atoms with Gasteiger partial charge in [0.05, 0.1) is 0 Å². The van der Waals surface area contributed by atoms with Crippen LogP contribution in [0, 0.1) is 0 Å². The molecule has 10 nitrogen and oxygen atoms in total. The number of carbonyl (C=O) groups excluding carboxylic acids is 1.